The molecular formula is C18H14ClN3O3. The molecule has 0 bridgehead atoms. The van der Waals surface area contributed by atoms with Gasteiger partial charge in [0.05, 0.1) is 12.3 Å². The molecule has 0 unspecified atom stereocenters. The normalized spacial score (nSPS) is 11.1. The van der Waals surface area contributed by atoms with Crippen molar-refractivity contribution in [3.8, 4) is 6.07 Å². The number of nitrogens with one attached hydrogen (secondary N) is 1. The Balaban J connectivity index is 2.45. The van der Waals surface area contributed by atoms with Gasteiger partial charge in [0.2, 0.25) is 0 Å². The third-order valence-corrected chi connectivity index (χ3v) is 3.41. The van der Waals surface area contributed by atoms with Crippen LogP contribution in [0.25, 0.3) is 5.70 Å². The Hall–Kier alpha value is -3.17. The third kappa shape index (κ3) is 4.66. The summed E-state index contributed by atoms with van der Waals surface area (Å²) in [5.74, 6) is -1.30. The maximum absolute atomic E-state index is 12.5. The molecule has 0 aliphatic rings. The first-order valence-electron chi connectivity index (χ1n) is 7.35. The van der Waals surface area contributed by atoms with Crippen LogP contribution < -0.4 is 5.32 Å². The largest absolute Gasteiger partial charge is 0.462 e. The molecule has 2 aromatic rings. The highest BCUT2D eigenvalue weighted by Gasteiger charge is 2.20. The molecule has 6 nitrogen and oxygen atoms in total. The number of benzene rings is 1. The standard InChI is InChI=1S/C18H14ClN3O3/c1-2-25-18(24)15(11-20)16(12-7-9-21-10-8-12)22-17(23)13-3-5-14(19)6-4-13/h3-10H,2H2,1H3,(H,22,23)/b16-15+. The van der Waals surface area contributed by atoms with Crippen molar-refractivity contribution >= 4 is 29.2 Å². The summed E-state index contributed by atoms with van der Waals surface area (Å²) in [5, 5.41) is 12.5. The fraction of sp³-hybridized carbons (Fsp3) is 0.111. The monoisotopic (exact) mass is 355 g/mol. The summed E-state index contributed by atoms with van der Waals surface area (Å²) >= 11 is 5.81. The number of aromatic nitrogens is 1. The van der Waals surface area contributed by atoms with Gasteiger partial charge in [0, 0.05) is 28.5 Å². The van der Waals surface area contributed by atoms with Gasteiger partial charge in [-0.15, -0.1) is 0 Å². The highest BCUT2D eigenvalue weighted by atomic mass is 35.5. The number of halogens is 1. The summed E-state index contributed by atoms with van der Waals surface area (Å²) in [6.45, 7) is 1.74. The maximum atomic E-state index is 12.5. The molecule has 1 aromatic heterocycles. The van der Waals surface area contributed by atoms with E-state index >= 15 is 0 Å². The number of hydrogen-bond acceptors (Lipinski definition) is 5. The lowest BCUT2D eigenvalue weighted by atomic mass is 10.1. The van der Waals surface area contributed by atoms with Crippen LogP contribution in [0.2, 0.25) is 5.02 Å². The molecule has 0 atom stereocenters. The number of hydrogen-bond donors (Lipinski definition) is 1. The Kier molecular flexibility index (Phi) is 6.26. The van der Waals surface area contributed by atoms with Crippen LogP contribution in [0, 0.1) is 11.3 Å². The average molecular weight is 356 g/mol. The molecular weight excluding hydrogens is 342 g/mol. The molecule has 1 N–H and O–H groups in total. The van der Waals surface area contributed by atoms with Gasteiger partial charge in [-0.05, 0) is 43.3 Å². The summed E-state index contributed by atoms with van der Waals surface area (Å²) in [7, 11) is 0. The number of nitriles is 1. The van der Waals surface area contributed by atoms with Crippen LogP contribution in [0.5, 0.6) is 0 Å². The molecule has 0 radical (unpaired) electrons. The molecule has 0 aliphatic heterocycles. The van der Waals surface area contributed by atoms with E-state index in [2.05, 4.69) is 10.3 Å². The van der Waals surface area contributed by atoms with E-state index in [0.29, 0.717) is 16.1 Å². The zero-order valence-electron chi connectivity index (χ0n) is 13.3. The van der Waals surface area contributed by atoms with Gasteiger partial charge in [-0.25, -0.2) is 4.79 Å². The second-order valence-electron chi connectivity index (χ2n) is 4.78. The maximum Gasteiger partial charge on any atom is 0.351 e. The Morgan fingerprint density at radius 3 is 2.36 bits per heavy atom. The minimum Gasteiger partial charge on any atom is -0.462 e. The van der Waals surface area contributed by atoms with Crippen LogP contribution in [0.15, 0.2) is 54.4 Å². The van der Waals surface area contributed by atoms with Gasteiger partial charge in [0.1, 0.15) is 6.07 Å². The Bertz CT molecular complexity index is 840. The van der Waals surface area contributed by atoms with Gasteiger partial charge in [-0.1, -0.05) is 11.6 Å². The van der Waals surface area contributed by atoms with Crippen LogP contribution in [0.4, 0.5) is 0 Å². The van der Waals surface area contributed by atoms with E-state index in [0.717, 1.165) is 0 Å². The van der Waals surface area contributed by atoms with Gasteiger partial charge in [-0.2, -0.15) is 5.26 Å². The quantitative estimate of drug-likeness (QED) is 0.505. The molecule has 0 saturated carbocycles. The van der Waals surface area contributed by atoms with Crippen LogP contribution in [0.3, 0.4) is 0 Å². The first-order valence-corrected chi connectivity index (χ1v) is 7.73. The Morgan fingerprint density at radius 1 is 1.16 bits per heavy atom. The summed E-state index contributed by atoms with van der Waals surface area (Å²) in [6, 6.07) is 11.2. The molecule has 2 rings (SSSR count). The predicted octanol–water partition coefficient (Wildman–Crippen LogP) is 2.96. The zero-order chi connectivity index (χ0) is 18.2. The fourth-order valence-corrected chi connectivity index (χ4v) is 2.12. The van der Waals surface area contributed by atoms with Crippen molar-refractivity contribution in [2.75, 3.05) is 6.61 Å². The molecule has 1 aromatic carbocycles. The number of carbonyl (C=O) groups excluding carboxylic acids is 2. The van der Waals surface area contributed by atoms with Crippen molar-refractivity contribution in [1.82, 2.24) is 10.3 Å². The van der Waals surface area contributed by atoms with Gasteiger partial charge in [-0.3, -0.25) is 9.78 Å². The molecule has 1 heterocycles. The minimum absolute atomic E-state index is 0.0586. The van der Waals surface area contributed by atoms with Crippen molar-refractivity contribution in [3.05, 3.63) is 70.5 Å². The third-order valence-electron chi connectivity index (χ3n) is 3.16. The van der Waals surface area contributed by atoms with Gasteiger partial charge in [0.15, 0.2) is 5.57 Å². The SMILES string of the molecule is CCOC(=O)/C(C#N)=C(/NC(=O)c1ccc(Cl)cc1)c1ccncc1. The average Bonchev–Trinajstić information content (AvgIpc) is 2.63. The number of carbonyl (C=O) groups is 2. The number of ether oxygens (including phenoxy) is 1. The van der Waals surface area contributed by atoms with Crippen molar-refractivity contribution in [3.63, 3.8) is 0 Å². The molecule has 7 heteroatoms. The fourth-order valence-electron chi connectivity index (χ4n) is 1.99. The molecule has 0 saturated heterocycles. The molecule has 0 aliphatic carbocycles. The highest BCUT2D eigenvalue weighted by Crippen LogP contribution is 2.18. The lowest BCUT2D eigenvalue weighted by Gasteiger charge is -2.12. The first-order chi connectivity index (χ1) is 12.1. The lowest BCUT2D eigenvalue weighted by molar-refractivity contribution is -0.137. The minimum atomic E-state index is -0.812. The van der Waals surface area contributed by atoms with Crippen molar-refractivity contribution < 1.29 is 14.3 Å². The van der Waals surface area contributed by atoms with E-state index in [-0.39, 0.29) is 17.9 Å². The smallest absolute Gasteiger partial charge is 0.351 e. The van der Waals surface area contributed by atoms with Crippen LogP contribution in [-0.2, 0) is 9.53 Å². The number of nitrogens with zero attached hydrogens (tertiary/aromatic N) is 2. The number of rotatable bonds is 5. The number of amides is 1. The van der Waals surface area contributed by atoms with E-state index in [1.54, 1.807) is 37.3 Å². The molecule has 1 amide bonds. The Labute approximate surface area is 149 Å². The van der Waals surface area contributed by atoms with Crippen LogP contribution >= 0.6 is 11.6 Å². The Morgan fingerprint density at radius 2 is 1.80 bits per heavy atom. The van der Waals surface area contributed by atoms with E-state index in [1.165, 1.54) is 24.5 Å². The highest BCUT2D eigenvalue weighted by molar-refractivity contribution is 6.30. The second-order valence-corrected chi connectivity index (χ2v) is 5.22. The van der Waals surface area contributed by atoms with Crippen molar-refractivity contribution in [2.45, 2.75) is 6.92 Å². The lowest BCUT2D eigenvalue weighted by Crippen LogP contribution is -2.25. The van der Waals surface area contributed by atoms with E-state index in [1.807, 2.05) is 0 Å². The predicted molar refractivity (Wildman–Crippen MR) is 92.3 cm³/mol. The van der Waals surface area contributed by atoms with Crippen LogP contribution in [-0.4, -0.2) is 23.5 Å². The van der Waals surface area contributed by atoms with E-state index in [9.17, 15) is 14.9 Å². The number of esters is 1. The molecule has 0 spiro atoms. The van der Waals surface area contributed by atoms with E-state index < -0.39 is 11.9 Å². The topological polar surface area (TPSA) is 92.1 Å². The second kappa shape index (κ2) is 8.62. The summed E-state index contributed by atoms with van der Waals surface area (Å²) < 4.78 is 4.90. The van der Waals surface area contributed by atoms with Crippen LogP contribution in [0.1, 0.15) is 22.8 Å². The summed E-state index contributed by atoms with van der Waals surface area (Å²) in [4.78, 5) is 28.4. The van der Waals surface area contributed by atoms with Gasteiger partial charge >= 0.3 is 5.97 Å². The first kappa shape index (κ1) is 18.2. The summed E-state index contributed by atoms with van der Waals surface area (Å²) in [6.07, 6.45) is 2.98. The van der Waals surface area contributed by atoms with Crippen molar-refractivity contribution in [1.29, 1.82) is 5.26 Å². The zero-order valence-corrected chi connectivity index (χ0v) is 14.1. The molecule has 0 fully saturated rings. The molecule has 126 valence electrons. The summed E-state index contributed by atoms with van der Waals surface area (Å²) in [5.41, 5.74) is 0.553. The van der Waals surface area contributed by atoms with Gasteiger partial charge in [0.25, 0.3) is 5.91 Å². The van der Waals surface area contributed by atoms with Gasteiger partial charge < -0.3 is 10.1 Å². The molecule has 25 heavy (non-hydrogen) atoms. The number of pyridine rings is 1. The van der Waals surface area contributed by atoms with E-state index in [4.69, 9.17) is 16.3 Å². The van der Waals surface area contributed by atoms with Crippen molar-refractivity contribution in [2.24, 2.45) is 0 Å².